The molecule has 0 spiro atoms. The van der Waals surface area contributed by atoms with E-state index in [0.29, 0.717) is 6.42 Å². The van der Waals surface area contributed by atoms with Crippen LogP contribution in [0, 0.1) is 0 Å². The van der Waals surface area contributed by atoms with Crippen molar-refractivity contribution >= 4 is 5.91 Å². The van der Waals surface area contributed by atoms with Crippen LogP contribution in [0.2, 0.25) is 0 Å². The van der Waals surface area contributed by atoms with Gasteiger partial charge in [0, 0.05) is 0 Å². The van der Waals surface area contributed by atoms with Gasteiger partial charge in [0.05, 0.1) is 31.3 Å². The lowest BCUT2D eigenvalue weighted by Gasteiger charge is -2.21. The van der Waals surface area contributed by atoms with Crippen LogP contribution in [0.4, 0.5) is 0 Å². The minimum Gasteiger partial charge on any atom is -0.394 e. The highest BCUT2D eigenvalue weighted by Crippen LogP contribution is 2.18. The molecule has 67 heavy (non-hydrogen) atoms. The molecule has 5 heteroatoms. The molecule has 398 valence electrons. The summed E-state index contributed by atoms with van der Waals surface area (Å²) in [6, 6.07) is -0.760. The van der Waals surface area contributed by atoms with Crippen molar-refractivity contribution < 1.29 is 20.1 Å². The van der Waals surface area contributed by atoms with E-state index in [1.807, 2.05) is 6.08 Å². The number of unbranched alkanes of at least 4 members (excludes halogenated alkanes) is 46. The Bertz CT molecular complexity index is 998. The van der Waals surface area contributed by atoms with Crippen molar-refractivity contribution in [1.82, 2.24) is 5.32 Å². The number of aliphatic hydroxyl groups is 3. The molecule has 1 amide bonds. The van der Waals surface area contributed by atoms with Crippen molar-refractivity contribution in [3.05, 3.63) is 24.3 Å². The van der Waals surface area contributed by atoms with Gasteiger partial charge in [-0.25, -0.2) is 0 Å². The average Bonchev–Trinajstić information content (AvgIpc) is 3.32. The number of aliphatic hydroxyl groups excluding tert-OH is 3. The molecule has 0 heterocycles. The summed E-state index contributed by atoms with van der Waals surface area (Å²) in [5.74, 6) is -0.318. The summed E-state index contributed by atoms with van der Waals surface area (Å²) < 4.78 is 0. The quantitative estimate of drug-likeness (QED) is 0.0361. The molecule has 0 aromatic rings. The first-order chi connectivity index (χ1) is 33.0. The van der Waals surface area contributed by atoms with Crippen molar-refractivity contribution in [3.8, 4) is 0 Å². The third kappa shape index (κ3) is 54.0. The fourth-order valence-corrected chi connectivity index (χ4v) is 9.83. The van der Waals surface area contributed by atoms with Crippen LogP contribution in [0.5, 0.6) is 0 Å². The molecule has 0 radical (unpaired) electrons. The normalized spacial score (nSPS) is 13.3. The summed E-state index contributed by atoms with van der Waals surface area (Å²) in [6.45, 7) is 4.25. The largest absolute Gasteiger partial charge is 0.394 e. The molecule has 0 bridgehead atoms. The van der Waals surface area contributed by atoms with Gasteiger partial charge in [0.15, 0.2) is 0 Å². The molecule has 0 saturated heterocycles. The van der Waals surface area contributed by atoms with Crippen molar-refractivity contribution in [2.45, 2.75) is 360 Å². The summed E-state index contributed by atoms with van der Waals surface area (Å²) >= 11 is 0. The molecule has 4 N–H and O–H groups in total. The maximum Gasteiger partial charge on any atom is 0.222 e. The van der Waals surface area contributed by atoms with Gasteiger partial charge >= 0.3 is 0 Å². The van der Waals surface area contributed by atoms with Crippen LogP contribution in [0.25, 0.3) is 0 Å². The monoisotopic (exact) mass is 944 g/mol. The van der Waals surface area contributed by atoms with Gasteiger partial charge in [-0.1, -0.05) is 327 Å². The highest BCUT2D eigenvalue weighted by atomic mass is 16.3. The van der Waals surface area contributed by atoms with Gasteiger partial charge in [-0.05, 0) is 32.1 Å². The fourth-order valence-electron chi connectivity index (χ4n) is 9.83. The molecular formula is C62H121NO4. The van der Waals surface area contributed by atoms with Crippen molar-refractivity contribution in [3.63, 3.8) is 0 Å². The number of nitrogens with one attached hydrogen (secondary N) is 1. The van der Waals surface area contributed by atoms with Crippen LogP contribution in [0.15, 0.2) is 24.3 Å². The first kappa shape index (κ1) is 65.8. The number of hydrogen-bond donors (Lipinski definition) is 4. The van der Waals surface area contributed by atoms with Gasteiger partial charge in [-0.2, -0.15) is 0 Å². The third-order valence-corrected chi connectivity index (χ3v) is 14.5. The first-order valence-corrected chi connectivity index (χ1v) is 30.6. The Kier molecular flexibility index (Phi) is 56.4. The zero-order chi connectivity index (χ0) is 48.6. The predicted molar refractivity (Wildman–Crippen MR) is 296 cm³/mol. The van der Waals surface area contributed by atoms with Gasteiger partial charge in [-0.15, -0.1) is 0 Å². The van der Waals surface area contributed by atoms with Crippen molar-refractivity contribution in [2.24, 2.45) is 0 Å². The fraction of sp³-hybridized carbons (Fsp3) is 0.919. The van der Waals surface area contributed by atoms with Crippen LogP contribution >= 0.6 is 0 Å². The van der Waals surface area contributed by atoms with Crippen molar-refractivity contribution in [2.75, 3.05) is 6.61 Å². The lowest BCUT2D eigenvalue weighted by molar-refractivity contribution is -0.124. The number of hydrogen-bond acceptors (Lipinski definition) is 4. The number of rotatable bonds is 57. The minimum atomic E-state index is -0.951. The van der Waals surface area contributed by atoms with E-state index >= 15 is 0 Å². The second-order valence-electron chi connectivity index (χ2n) is 21.3. The highest BCUT2D eigenvalue weighted by molar-refractivity contribution is 5.76. The SMILES string of the molecule is CCCCCCCCCCCCCCCCCCC/C=C/CC/C=C/C(O)C(CO)NC(=O)CC(O)CCCCCCCCCCCCCCCCCCCCCCCCCCCCCCC. The van der Waals surface area contributed by atoms with Gasteiger partial charge in [0.1, 0.15) is 0 Å². The Labute approximate surface area is 420 Å². The number of carbonyl (C=O) groups excluding carboxylic acids is 1. The van der Waals surface area contributed by atoms with Gasteiger partial charge in [0.2, 0.25) is 5.91 Å². The summed E-state index contributed by atoms with van der Waals surface area (Å²) in [6.07, 6.45) is 74.0. The molecule has 0 rings (SSSR count). The molecular weight excluding hydrogens is 823 g/mol. The van der Waals surface area contributed by atoms with E-state index < -0.39 is 18.2 Å². The number of amides is 1. The van der Waals surface area contributed by atoms with E-state index in [2.05, 4.69) is 31.3 Å². The van der Waals surface area contributed by atoms with E-state index in [0.717, 1.165) is 32.1 Å². The van der Waals surface area contributed by atoms with E-state index in [1.165, 1.54) is 283 Å². The molecule has 0 aliphatic rings. The maximum absolute atomic E-state index is 12.5. The van der Waals surface area contributed by atoms with Crippen LogP contribution in [0.3, 0.4) is 0 Å². The predicted octanol–water partition coefficient (Wildman–Crippen LogP) is 19.2. The highest BCUT2D eigenvalue weighted by Gasteiger charge is 2.20. The molecule has 0 aliphatic heterocycles. The standard InChI is InChI=1S/C62H121NO4/c1-3-5-7-9-11-13-15-17-19-21-23-25-27-28-29-30-31-32-34-35-37-39-41-43-45-47-49-51-53-55-59(65)57-62(67)63-60(58-64)61(66)56-54-52-50-48-46-44-42-40-38-36-33-26-24-22-20-18-16-14-12-10-8-6-4-2/h46,48,54,56,59-61,64-66H,3-45,47,49-53,55,57-58H2,1-2H3,(H,63,67)/b48-46+,56-54+. The second kappa shape index (κ2) is 57.4. The van der Waals surface area contributed by atoms with E-state index in [-0.39, 0.29) is 18.9 Å². The molecule has 0 aliphatic carbocycles. The Morgan fingerprint density at radius 1 is 0.373 bits per heavy atom. The minimum absolute atomic E-state index is 0.0106. The first-order valence-electron chi connectivity index (χ1n) is 30.6. The topological polar surface area (TPSA) is 89.8 Å². The molecule has 0 aromatic heterocycles. The number of allylic oxidation sites excluding steroid dienone is 3. The molecule has 5 nitrogen and oxygen atoms in total. The number of carbonyl (C=O) groups is 1. The Balaban J connectivity index is 3.53. The molecule has 3 atom stereocenters. The summed E-state index contributed by atoms with van der Waals surface area (Å²) in [5.41, 5.74) is 0. The summed E-state index contributed by atoms with van der Waals surface area (Å²) in [4.78, 5) is 12.5. The van der Waals surface area contributed by atoms with Crippen molar-refractivity contribution in [1.29, 1.82) is 0 Å². The second-order valence-corrected chi connectivity index (χ2v) is 21.3. The average molecular weight is 945 g/mol. The maximum atomic E-state index is 12.5. The Morgan fingerprint density at radius 2 is 0.642 bits per heavy atom. The smallest absolute Gasteiger partial charge is 0.222 e. The zero-order valence-corrected chi connectivity index (χ0v) is 45.6. The van der Waals surface area contributed by atoms with Crippen LogP contribution in [-0.4, -0.2) is 46.1 Å². The Morgan fingerprint density at radius 3 is 0.955 bits per heavy atom. The lowest BCUT2D eigenvalue weighted by Crippen LogP contribution is -2.45. The van der Waals surface area contributed by atoms with E-state index in [1.54, 1.807) is 6.08 Å². The Hall–Kier alpha value is -1.17. The molecule has 0 aromatic carbocycles. The van der Waals surface area contributed by atoms with Gasteiger partial charge < -0.3 is 20.6 Å². The molecule has 3 unspecified atom stereocenters. The van der Waals surface area contributed by atoms with E-state index in [9.17, 15) is 20.1 Å². The summed E-state index contributed by atoms with van der Waals surface area (Å²) in [5, 5.41) is 33.5. The van der Waals surface area contributed by atoms with E-state index in [4.69, 9.17) is 0 Å². The summed E-state index contributed by atoms with van der Waals surface area (Å²) in [7, 11) is 0. The van der Waals surface area contributed by atoms with Crippen LogP contribution < -0.4 is 5.32 Å². The molecule has 0 saturated carbocycles. The van der Waals surface area contributed by atoms with Gasteiger partial charge in [-0.3, -0.25) is 4.79 Å². The third-order valence-electron chi connectivity index (χ3n) is 14.5. The van der Waals surface area contributed by atoms with Crippen LogP contribution in [-0.2, 0) is 4.79 Å². The van der Waals surface area contributed by atoms with Gasteiger partial charge in [0.25, 0.3) is 0 Å². The zero-order valence-electron chi connectivity index (χ0n) is 45.6. The lowest BCUT2D eigenvalue weighted by atomic mass is 10.0. The molecule has 0 fully saturated rings. The van der Waals surface area contributed by atoms with Crippen LogP contribution in [0.1, 0.15) is 341 Å².